The molecule has 0 spiro atoms. The van der Waals surface area contributed by atoms with Crippen molar-refractivity contribution < 1.29 is 26.4 Å². The minimum atomic E-state index is -4.59. The molecule has 0 bridgehead atoms. The SMILES string of the molecule is C[C@@H](Sc1ccc(Cl)cc1)C(=O)Nc1ccc(S(=O)(=O)Nc2cccc(C(F)(F)F)c2)cc1. The van der Waals surface area contributed by atoms with Crippen LogP contribution in [0.5, 0.6) is 0 Å². The Bertz CT molecular complexity index is 1230. The molecule has 1 atom stereocenters. The van der Waals surface area contributed by atoms with Crippen LogP contribution in [0.3, 0.4) is 0 Å². The van der Waals surface area contributed by atoms with Gasteiger partial charge in [-0.2, -0.15) is 13.2 Å². The molecular weight excluding hydrogens is 497 g/mol. The molecule has 33 heavy (non-hydrogen) atoms. The molecule has 5 nitrogen and oxygen atoms in total. The van der Waals surface area contributed by atoms with Gasteiger partial charge >= 0.3 is 6.18 Å². The van der Waals surface area contributed by atoms with Gasteiger partial charge in [0.05, 0.1) is 15.7 Å². The molecule has 0 aliphatic carbocycles. The third-order valence-electron chi connectivity index (χ3n) is 4.37. The molecule has 3 aromatic rings. The van der Waals surface area contributed by atoms with Crippen molar-refractivity contribution in [3.8, 4) is 0 Å². The van der Waals surface area contributed by atoms with Gasteiger partial charge < -0.3 is 5.32 Å². The Kier molecular flexibility index (Phi) is 7.61. The number of alkyl halides is 3. The van der Waals surface area contributed by atoms with Gasteiger partial charge in [-0.1, -0.05) is 17.7 Å². The second kappa shape index (κ2) is 10.1. The maximum Gasteiger partial charge on any atom is 0.416 e. The molecule has 0 unspecified atom stereocenters. The highest BCUT2D eigenvalue weighted by atomic mass is 35.5. The van der Waals surface area contributed by atoms with Crippen molar-refractivity contribution in [2.75, 3.05) is 10.0 Å². The zero-order valence-corrected chi connectivity index (χ0v) is 19.4. The number of hydrogen-bond acceptors (Lipinski definition) is 4. The molecule has 2 N–H and O–H groups in total. The maximum atomic E-state index is 12.8. The number of hydrogen-bond donors (Lipinski definition) is 2. The zero-order valence-electron chi connectivity index (χ0n) is 17.1. The van der Waals surface area contributed by atoms with E-state index in [4.69, 9.17) is 11.6 Å². The van der Waals surface area contributed by atoms with E-state index in [0.717, 1.165) is 17.0 Å². The summed E-state index contributed by atoms with van der Waals surface area (Å²) in [6, 6.07) is 16.3. The van der Waals surface area contributed by atoms with E-state index in [1.807, 2.05) is 0 Å². The van der Waals surface area contributed by atoms with Crippen molar-refractivity contribution in [3.05, 3.63) is 83.4 Å². The van der Waals surface area contributed by atoms with Crippen LogP contribution in [-0.4, -0.2) is 19.6 Å². The lowest BCUT2D eigenvalue weighted by molar-refractivity contribution is -0.137. The summed E-state index contributed by atoms with van der Waals surface area (Å²) in [5.41, 5.74) is -0.803. The molecule has 0 aliphatic rings. The Morgan fingerprint density at radius 2 is 1.61 bits per heavy atom. The fourth-order valence-corrected chi connectivity index (χ4v) is 4.75. The zero-order chi connectivity index (χ0) is 24.2. The van der Waals surface area contributed by atoms with E-state index < -0.39 is 27.0 Å². The third-order valence-corrected chi connectivity index (χ3v) is 7.13. The van der Waals surface area contributed by atoms with Crippen molar-refractivity contribution in [1.82, 2.24) is 0 Å². The van der Waals surface area contributed by atoms with Crippen LogP contribution in [0.1, 0.15) is 12.5 Å². The normalized spacial score (nSPS) is 12.8. The summed E-state index contributed by atoms with van der Waals surface area (Å²) in [6.07, 6.45) is -4.59. The quantitative estimate of drug-likeness (QED) is 0.364. The molecule has 0 saturated heterocycles. The Morgan fingerprint density at radius 3 is 2.21 bits per heavy atom. The van der Waals surface area contributed by atoms with Crippen LogP contribution in [0.25, 0.3) is 0 Å². The molecule has 174 valence electrons. The number of carbonyl (C=O) groups is 1. The Balaban J connectivity index is 1.65. The molecule has 0 heterocycles. The number of amides is 1. The molecule has 0 saturated carbocycles. The lowest BCUT2D eigenvalue weighted by Crippen LogP contribution is -2.22. The van der Waals surface area contributed by atoms with E-state index in [0.29, 0.717) is 16.8 Å². The monoisotopic (exact) mass is 514 g/mol. The number of anilines is 2. The average molecular weight is 515 g/mol. The molecule has 0 radical (unpaired) electrons. The first-order valence-electron chi connectivity index (χ1n) is 9.47. The largest absolute Gasteiger partial charge is 0.416 e. The van der Waals surface area contributed by atoms with Gasteiger partial charge in [0.25, 0.3) is 10.0 Å². The van der Waals surface area contributed by atoms with E-state index in [-0.39, 0.29) is 16.5 Å². The summed E-state index contributed by atoms with van der Waals surface area (Å²) in [4.78, 5) is 13.1. The first-order chi connectivity index (χ1) is 15.4. The van der Waals surface area contributed by atoms with Crippen molar-refractivity contribution >= 4 is 50.7 Å². The van der Waals surface area contributed by atoms with Gasteiger partial charge in [0.1, 0.15) is 0 Å². The van der Waals surface area contributed by atoms with Crippen LogP contribution in [0.2, 0.25) is 5.02 Å². The number of thioether (sulfide) groups is 1. The lowest BCUT2D eigenvalue weighted by Gasteiger charge is -2.13. The van der Waals surface area contributed by atoms with Gasteiger partial charge in [-0.05, 0) is 73.7 Å². The van der Waals surface area contributed by atoms with Crippen LogP contribution >= 0.6 is 23.4 Å². The first-order valence-corrected chi connectivity index (χ1v) is 12.2. The predicted octanol–water partition coefficient (Wildman–Crippen LogP) is 6.28. The van der Waals surface area contributed by atoms with E-state index in [1.54, 1.807) is 31.2 Å². The molecule has 0 aliphatic heterocycles. The molecule has 11 heteroatoms. The molecular formula is C22H18ClF3N2O3S2. The number of sulfonamides is 1. The summed E-state index contributed by atoms with van der Waals surface area (Å²) >= 11 is 7.19. The summed E-state index contributed by atoms with van der Waals surface area (Å²) in [5, 5.41) is 2.86. The van der Waals surface area contributed by atoms with Gasteiger partial charge in [-0.15, -0.1) is 11.8 Å². The second-order valence-electron chi connectivity index (χ2n) is 6.91. The molecule has 3 rings (SSSR count). The maximum absolute atomic E-state index is 12.8. The van der Waals surface area contributed by atoms with Crippen molar-refractivity contribution in [2.45, 2.75) is 28.1 Å². The molecule has 3 aromatic carbocycles. The molecule has 0 fully saturated rings. The summed E-state index contributed by atoms with van der Waals surface area (Å²) in [7, 11) is -4.13. The van der Waals surface area contributed by atoms with Crippen LogP contribution < -0.4 is 10.0 Å². The number of rotatable bonds is 7. The van der Waals surface area contributed by atoms with Crippen molar-refractivity contribution in [2.24, 2.45) is 0 Å². The van der Waals surface area contributed by atoms with Crippen LogP contribution in [0.4, 0.5) is 24.5 Å². The van der Waals surface area contributed by atoms with E-state index >= 15 is 0 Å². The Hall–Kier alpha value is -2.69. The topological polar surface area (TPSA) is 75.3 Å². The Labute approximate surface area is 198 Å². The minimum Gasteiger partial charge on any atom is -0.325 e. The third kappa shape index (κ3) is 6.89. The van der Waals surface area contributed by atoms with E-state index in [1.165, 1.54) is 42.1 Å². The van der Waals surface area contributed by atoms with Gasteiger partial charge in [0.15, 0.2) is 0 Å². The Morgan fingerprint density at radius 1 is 0.970 bits per heavy atom. The standard InChI is InChI=1S/C22H18ClF3N2O3S2/c1-14(32-19-9-5-16(23)6-10-19)21(29)27-17-7-11-20(12-8-17)33(30,31)28-18-4-2-3-15(13-18)22(24,25)26/h2-14,28H,1H3,(H,27,29)/t14-/m1/s1. The lowest BCUT2D eigenvalue weighted by atomic mass is 10.2. The smallest absolute Gasteiger partial charge is 0.325 e. The highest BCUT2D eigenvalue weighted by molar-refractivity contribution is 8.00. The van der Waals surface area contributed by atoms with Crippen molar-refractivity contribution in [1.29, 1.82) is 0 Å². The number of carbonyl (C=O) groups excluding carboxylic acids is 1. The average Bonchev–Trinajstić information content (AvgIpc) is 2.75. The molecule has 1 amide bonds. The second-order valence-corrected chi connectivity index (χ2v) is 10.4. The van der Waals surface area contributed by atoms with E-state index in [9.17, 15) is 26.4 Å². The van der Waals surface area contributed by atoms with Gasteiger partial charge in [-0.3, -0.25) is 9.52 Å². The van der Waals surface area contributed by atoms with Gasteiger partial charge in [0.2, 0.25) is 5.91 Å². The summed E-state index contributed by atoms with van der Waals surface area (Å²) in [6.45, 7) is 1.73. The number of benzene rings is 3. The number of halogens is 4. The van der Waals surface area contributed by atoms with Gasteiger partial charge in [-0.25, -0.2) is 8.42 Å². The highest BCUT2D eigenvalue weighted by Gasteiger charge is 2.30. The van der Waals surface area contributed by atoms with Gasteiger partial charge in [0, 0.05) is 21.3 Å². The fraction of sp³-hybridized carbons (Fsp3) is 0.136. The summed E-state index contributed by atoms with van der Waals surface area (Å²) in [5.74, 6) is -0.285. The summed E-state index contributed by atoms with van der Waals surface area (Å²) < 4.78 is 65.8. The number of nitrogens with one attached hydrogen (secondary N) is 2. The highest BCUT2D eigenvalue weighted by Crippen LogP contribution is 2.31. The van der Waals surface area contributed by atoms with Crippen LogP contribution in [-0.2, 0) is 21.0 Å². The fourth-order valence-electron chi connectivity index (χ4n) is 2.71. The van der Waals surface area contributed by atoms with Crippen LogP contribution in [0, 0.1) is 0 Å². The predicted molar refractivity (Wildman–Crippen MR) is 124 cm³/mol. The van der Waals surface area contributed by atoms with Crippen LogP contribution in [0.15, 0.2) is 82.6 Å². The minimum absolute atomic E-state index is 0.165. The van der Waals surface area contributed by atoms with Crippen molar-refractivity contribution in [3.63, 3.8) is 0 Å². The first kappa shape index (κ1) is 24.9. The molecule has 0 aromatic heterocycles. The van der Waals surface area contributed by atoms with E-state index in [2.05, 4.69) is 10.0 Å².